The zero-order valence-electron chi connectivity index (χ0n) is 11.8. The summed E-state index contributed by atoms with van der Waals surface area (Å²) in [5.41, 5.74) is 0.645. The molecule has 0 spiro atoms. The van der Waals surface area contributed by atoms with Gasteiger partial charge in [-0.3, -0.25) is 14.5 Å². The van der Waals surface area contributed by atoms with Gasteiger partial charge in [0.15, 0.2) is 5.17 Å². The second-order valence-electron chi connectivity index (χ2n) is 4.42. The Labute approximate surface area is 126 Å². The SMILES string of the molecule is CCOc1ccc(N=C2S[C@@H](C(=O)O)CC(=O)N2C)cc1. The molecular formula is C14H16N2O4S. The van der Waals surface area contributed by atoms with Gasteiger partial charge in [0.05, 0.1) is 18.7 Å². The molecule has 1 N–H and O–H groups in total. The summed E-state index contributed by atoms with van der Waals surface area (Å²) in [6.07, 6.45) is -0.0151. The lowest BCUT2D eigenvalue weighted by molar-refractivity contribution is -0.139. The van der Waals surface area contributed by atoms with Crippen LogP contribution < -0.4 is 4.74 Å². The van der Waals surface area contributed by atoms with E-state index in [1.165, 1.54) is 4.90 Å². The predicted molar refractivity (Wildman–Crippen MR) is 81.1 cm³/mol. The van der Waals surface area contributed by atoms with Crippen LogP contribution in [-0.4, -0.2) is 46.0 Å². The second-order valence-corrected chi connectivity index (χ2v) is 5.59. The average Bonchev–Trinajstić information content (AvgIpc) is 2.45. The van der Waals surface area contributed by atoms with Gasteiger partial charge in [-0.15, -0.1) is 0 Å². The van der Waals surface area contributed by atoms with Crippen LogP contribution in [0.2, 0.25) is 0 Å². The monoisotopic (exact) mass is 308 g/mol. The Bertz CT molecular complexity index is 571. The third-order valence-electron chi connectivity index (χ3n) is 2.92. The molecule has 1 saturated heterocycles. The van der Waals surface area contributed by atoms with Crippen molar-refractivity contribution in [3.05, 3.63) is 24.3 Å². The first-order valence-corrected chi connectivity index (χ1v) is 7.36. The molecule has 112 valence electrons. The van der Waals surface area contributed by atoms with Crippen LogP contribution in [0.3, 0.4) is 0 Å². The molecule has 1 aromatic rings. The molecule has 21 heavy (non-hydrogen) atoms. The Hall–Kier alpha value is -2.02. The number of ether oxygens (including phenoxy) is 1. The van der Waals surface area contributed by atoms with E-state index in [2.05, 4.69) is 4.99 Å². The molecular weight excluding hydrogens is 292 g/mol. The zero-order valence-corrected chi connectivity index (χ0v) is 12.6. The molecule has 7 heteroatoms. The fourth-order valence-corrected chi connectivity index (χ4v) is 2.78. The smallest absolute Gasteiger partial charge is 0.317 e. The van der Waals surface area contributed by atoms with Crippen LogP contribution >= 0.6 is 11.8 Å². The Morgan fingerprint density at radius 3 is 2.71 bits per heavy atom. The van der Waals surface area contributed by atoms with Crippen LogP contribution in [0.15, 0.2) is 29.3 Å². The summed E-state index contributed by atoms with van der Waals surface area (Å²) in [5, 5.41) is 8.67. The van der Waals surface area contributed by atoms with E-state index in [-0.39, 0.29) is 12.3 Å². The van der Waals surface area contributed by atoms with Crippen molar-refractivity contribution in [2.75, 3.05) is 13.7 Å². The van der Waals surface area contributed by atoms with Gasteiger partial charge in [-0.25, -0.2) is 4.99 Å². The minimum atomic E-state index is -0.999. The van der Waals surface area contributed by atoms with Gasteiger partial charge in [-0.1, -0.05) is 11.8 Å². The van der Waals surface area contributed by atoms with Gasteiger partial charge in [-0.2, -0.15) is 0 Å². The maximum atomic E-state index is 11.8. The highest BCUT2D eigenvalue weighted by Gasteiger charge is 2.33. The van der Waals surface area contributed by atoms with Crippen molar-refractivity contribution in [2.24, 2.45) is 4.99 Å². The molecule has 0 bridgehead atoms. The molecule has 0 unspecified atom stereocenters. The van der Waals surface area contributed by atoms with Crippen molar-refractivity contribution >= 4 is 34.5 Å². The summed E-state index contributed by atoms with van der Waals surface area (Å²) in [6.45, 7) is 2.49. The molecule has 0 aliphatic carbocycles. The van der Waals surface area contributed by atoms with Gasteiger partial charge < -0.3 is 9.84 Å². The Kier molecular flexibility index (Phi) is 4.85. The van der Waals surface area contributed by atoms with Crippen LogP contribution in [-0.2, 0) is 9.59 Å². The van der Waals surface area contributed by atoms with Gasteiger partial charge in [0, 0.05) is 7.05 Å². The summed E-state index contributed by atoms with van der Waals surface area (Å²) < 4.78 is 5.34. The van der Waals surface area contributed by atoms with E-state index in [1.54, 1.807) is 31.3 Å². The van der Waals surface area contributed by atoms with E-state index in [9.17, 15) is 9.59 Å². The molecule has 1 atom stereocenters. The Balaban J connectivity index is 2.20. The van der Waals surface area contributed by atoms with Crippen molar-refractivity contribution in [2.45, 2.75) is 18.6 Å². The number of amidine groups is 1. The number of hydrogen-bond donors (Lipinski definition) is 1. The number of thioether (sulfide) groups is 1. The first-order valence-electron chi connectivity index (χ1n) is 6.49. The van der Waals surface area contributed by atoms with Crippen molar-refractivity contribution in [1.82, 2.24) is 4.90 Å². The fraction of sp³-hybridized carbons (Fsp3) is 0.357. The van der Waals surface area contributed by atoms with Crippen LogP contribution in [0, 0.1) is 0 Å². The summed E-state index contributed by atoms with van der Waals surface area (Å²) in [5.74, 6) is -0.503. The molecule has 0 radical (unpaired) electrons. The van der Waals surface area contributed by atoms with Gasteiger partial charge in [0.2, 0.25) is 5.91 Å². The minimum absolute atomic E-state index is 0.0151. The highest BCUT2D eigenvalue weighted by atomic mass is 32.2. The van der Waals surface area contributed by atoms with E-state index in [1.807, 2.05) is 6.92 Å². The summed E-state index contributed by atoms with van der Waals surface area (Å²) >= 11 is 1.09. The van der Waals surface area contributed by atoms with E-state index < -0.39 is 11.2 Å². The number of nitrogens with zero attached hydrogens (tertiary/aromatic N) is 2. The number of carboxylic acid groups (broad SMARTS) is 1. The lowest BCUT2D eigenvalue weighted by Gasteiger charge is -2.27. The number of carbonyl (C=O) groups is 2. The van der Waals surface area contributed by atoms with E-state index in [0.717, 1.165) is 17.5 Å². The highest BCUT2D eigenvalue weighted by Crippen LogP contribution is 2.28. The van der Waals surface area contributed by atoms with Crippen LogP contribution in [0.25, 0.3) is 0 Å². The molecule has 6 nitrogen and oxygen atoms in total. The number of benzene rings is 1. The number of carboxylic acids is 1. The van der Waals surface area contributed by atoms with Crippen molar-refractivity contribution in [3.63, 3.8) is 0 Å². The van der Waals surface area contributed by atoms with Gasteiger partial charge in [-0.05, 0) is 31.2 Å². The molecule has 0 aromatic heterocycles. The normalized spacial score (nSPS) is 20.7. The third-order valence-corrected chi connectivity index (χ3v) is 4.15. The lowest BCUT2D eigenvalue weighted by atomic mass is 10.3. The highest BCUT2D eigenvalue weighted by molar-refractivity contribution is 8.15. The zero-order chi connectivity index (χ0) is 15.4. The van der Waals surface area contributed by atoms with E-state index in [4.69, 9.17) is 9.84 Å². The minimum Gasteiger partial charge on any atom is -0.494 e. The number of rotatable bonds is 4. The van der Waals surface area contributed by atoms with Gasteiger partial charge >= 0.3 is 5.97 Å². The van der Waals surface area contributed by atoms with Crippen molar-refractivity contribution < 1.29 is 19.4 Å². The van der Waals surface area contributed by atoms with E-state index >= 15 is 0 Å². The Morgan fingerprint density at radius 1 is 1.48 bits per heavy atom. The number of carbonyl (C=O) groups excluding carboxylic acids is 1. The molecule has 1 heterocycles. The topological polar surface area (TPSA) is 79.2 Å². The summed E-state index contributed by atoms with van der Waals surface area (Å²) in [6, 6.07) is 7.10. The molecule has 1 fully saturated rings. The van der Waals surface area contributed by atoms with Crippen molar-refractivity contribution in [1.29, 1.82) is 0 Å². The molecule has 1 aliphatic rings. The number of aliphatic imine (C=N–C) groups is 1. The number of amides is 1. The molecule has 1 amide bonds. The van der Waals surface area contributed by atoms with Crippen LogP contribution in [0.5, 0.6) is 5.75 Å². The van der Waals surface area contributed by atoms with E-state index in [0.29, 0.717) is 17.5 Å². The van der Waals surface area contributed by atoms with Crippen LogP contribution in [0.4, 0.5) is 5.69 Å². The quantitative estimate of drug-likeness (QED) is 0.921. The van der Waals surface area contributed by atoms with Crippen LogP contribution in [0.1, 0.15) is 13.3 Å². The largest absolute Gasteiger partial charge is 0.494 e. The maximum Gasteiger partial charge on any atom is 0.317 e. The summed E-state index contributed by atoms with van der Waals surface area (Å²) in [4.78, 5) is 28.6. The summed E-state index contributed by atoms with van der Waals surface area (Å²) in [7, 11) is 1.60. The standard InChI is InChI=1S/C14H16N2O4S/c1-3-20-10-6-4-9(5-7-10)15-14-16(2)12(17)8-11(21-14)13(18)19/h4-7,11H,3,8H2,1-2H3,(H,18,19)/t11-/m1/s1. The maximum absolute atomic E-state index is 11.8. The Morgan fingerprint density at radius 2 is 2.14 bits per heavy atom. The number of aliphatic carboxylic acids is 1. The predicted octanol–water partition coefficient (Wildman–Crippen LogP) is 2.12. The van der Waals surface area contributed by atoms with Gasteiger partial charge in [0.25, 0.3) is 0 Å². The van der Waals surface area contributed by atoms with Gasteiger partial charge in [0.1, 0.15) is 11.0 Å². The second kappa shape index (κ2) is 6.62. The first kappa shape index (κ1) is 15.4. The lowest BCUT2D eigenvalue weighted by Crippen LogP contribution is -2.41. The molecule has 0 saturated carbocycles. The fourth-order valence-electron chi connectivity index (χ4n) is 1.78. The average molecular weight is 308 g/mol. The molecule has 2 rings (SSSR count). The number of hydrogen-bond acceptors (Lipinski definition) is 5. The molecule has 1 aliphatic heterocycles. The third kappa shape index (κ3) is 3.75. The molecule has 1 aromatic carbocycles. The van der Waals surface area contributed by atoms with Crippen molar-refractivity contribution in [3.8, 4) is 5.75 Å². The first-order chi connectivity index (χ1) is 10.0.